The molecule has 2 rings (SSSR count). The summed E-state index contributed by atoms with van der Waals surface area (Å²) in [7, 11) is 2.57. The molecule has 0 saturated carbocycles. The third kappa shape index (κ3) is 4.83. The minimum atomic E-state index is -0.858. The molecule has 0 saturated heterocycles. The van der Waals surface area contributed by atoms with E-state index in [0.29, 0.717) is 44.8 Å². The van der Waals surface area contributed by atoms with E-state index in [9.17, 15) is 19.2 Å². The van der Waals surface area contributed by atoms with Crippen LogP contribution in [0.1, 0.15) is 43.0 Å². The third-order valence-corrected chi connectivity index (χ3v) is 4.59. The quantitative estimate of drug-likeness (QED) is 0.590. The molecule has 0 heterocycles. The van der Waals surface area contributed by atoms with E-state index in [1.54, 1.807) is 52.0 Å². The lowest BCUT2D eigenvalue weighted by molar-refractivity contribution is -0.133. The van der Waals surface area contributed by atoms with E-state index in [0.717, 1.165) is 0 Å². The summed E-state index contributed by atoms with van der Waals surface area (Å²) in [5, 5.41) is 5.17. The maximum atomic E-state index is 12.5. The fourth-order valence-corrected chi connectivity index (χ4v) is 3.13. The lowest BCUT2D eigenvalue weighted by Crippen LogP contribution is -2.30. The van der Waals surface area contributed by atoms with Crippen molar-refractivity contribution in [2.24, 2.45) is 0 Å². The largest absolute Gasteiger partial charge is 0.465 e. The highest BCUT2D eigenvalue weighted by Crippen LogP contribution is 2.24. The summed E-state index contributed by atoms with van der Waals surface area (Å²) in [6, 6.07) is 6.30. The molecule has 0 spiro atoms. The predicted octanol–water partition coefficient (Wildman–Crippen LogP) is 3.07. The second-order valence-electron chi connectivity index (χ2n) is 6.86. The first kappa shape index (κ1) is 22.6. The summed E-state index contributed by atoms with van der Waals surface area (Å²) in [6.07, 6.45) is 0. The van der Waals surface area contributed by atoms with Crippen molar-refractivity contribution in [2.45, 2.75) is 27.7 Å². The number of ether oxygens (including phenoxy) is 2. The molecule has 0 fully saturated rings. The van der Waals surface area contributed by atoms with Crippen molar-refractivity contribution < 1.29 is 28.7 Å². The standard InChI is InChI=1S/C22H24N2O6/c1-11-7-15(21(27)29-5)8-12(2)17(11)23-19(25)20(26)24-18-13(3)9-16(10-14(18)4)22(28)30-6/h7-10H,1-6H3,(H,23,25)(H,24,26). The summed E-state index contributed by atoms with van der Waals surface area (Å²) < 4.78 is 9.41. The zero-order valence-corrected chi connectivity index (χ0v) is 17.8. The predicted molar refractivity (Wildman–Crippen MR) is 112 cm³/mol. The van der Waals surface area contributed by atoms with Gasteiger partial charge in [0.2, 0.25) is 0 Å². The minimum Gasteiger partial charge on any atom is -0.465 e. The summed E-state index contributed by atoms with van der Waals surface area (Å²) in [4.78, 5) is 48.3. The van der Waals surface area contributed by atoms with E-state index < -0.39 is 23.8 Å². The van der Waals surface area contributed by atoms with Crippen LogP contribution in [0.25, 0.3) is 0 Å². The Morgan fingerprint density at radius 3 is 1.10 bits per heavy atom. The molecule has 2 amide bonds. The lowest BCUT2D eigenvalue weighted by Gasteiger charge is -2.15. The van der Waals surface area contributed by atoms with Gasteiger partial charge >= 0.3 is 23.8 Å². The first-order chi connectivity index (χ1) is 14.1. The molecule has 30 heavy (non-hydrogen) atoms. The van der Waals surface area contributed by atoms with Crippen LogP contribution in [0.4, 0.5) is 11.4 Å². The van der Waals surface area contributed by atoms with E-state index in [1.165, 1.54) is 14.2 Å². The van der Waals surface area contributed by atoms with Gasteiger partial charge in [-0.2, -0.15) is 0 Å². The van der Waals surface area contributed by atoms with Gasteiger partial charge in [-0.25, -0.2) is 9.59 Å². The molecule has 0 atom stereocenters. The Hall–Kier alpha value is -3.68. The van der Waals surface area contributed by atoms with Gasteiger partial charge in [0.1, 0.15) is 0 Å². The molecule has 2 aromatic rings. The zero-order valence-electron chi connectivity index (χ0n) is 17.8. The Morgan fingerprint density at radius 2 is 0.867 bits per heavy atom. The second kappa shape index (κ2) is 9.21. The fraction of sp³-hybridized carbons (Fsp3) is 0.273. The number of benzene rings is 2. The van der Waals surface area contributed by atoms with E-state index in [1.807, 2.05) is 0 Å². The molecule has 0 aromatic heterocycles. The molecular formula is C22H24N2O6. The number of hydrogen-bond acceptors (Lipinski definition) is 6. The number of aryl methyl sites for hydroxylation is 4. The Kier molecular flexibility index (Phi) is 6.94. The van der Waals surface area contributed by atoms with Crippen LogP contribution >= 0.6 is 0 Å². The highest BCUT2D eigenvalue weighted by atomic mass is 16.5. The number of esters is 2. The van der Waals surface area contributed by atoms with Crippen LogP contribution in [-0.4, -0.2) is 38.0 Å². The molecule has 0 aliphatic carbocycles. The van der Waals surface area contributed by atoms with Gasteiger partial charge in [-0.1, -0.05) is 0 Å². The average Bonchev–Trinajstić information content (AvgIpc) is 2.71. The first-order valence-electron chi connectivity index (χ1n) is 9.10. The molecule has 0 bridgehead atoms. The smallest absolute Gasteiger partial charge is 0.337 e. The van der Waals surface area contributed by atoms with E-state index in [4.69, 9.17) is 9.47 Å². The number of nitrogens with one attached hydrogen (secondary N) is 2. The van der Waals surface area contributed by atoms with Crippen LogP contribution in [0.15, 0.2) is 24.3 Å². The second-order valence-corrected chi connectivity index (χ2v) is 6.86. The Labute approximate surface area is 174 Å². The van der Waals surface area contributed by atoms with Crippen LogP contribution < -0.4 is 10.6 Å². The van der Waals surface area contributed by atoms with E-state index >= 15 is 0 Å². The first-order valence-corrected chi connectivity index (χ1v) is 9.10. The summed E-state index contributed by atoms with van der Waals surface area (Å²) in [5.74, 6) is -2.69. The Bertz CT molecular complexity index is 912. The number of carbonyl (C=O) groups is 4. The Balaban J connectivity index is 2.21. The maximum absolute atomic E-state index is 12.5. The van der Waals surface area contributed by atoms with Gasteiger partial charge in [0.15, 0.2) is 0 Å². The number of carbonyl (C=O) groups excluding carboxylic acids is 4. The van der Waals surface area contributed by atoms with Crippen molar-refractivity contribution in [2.75, 3.05) is 24.9 Å². The third-order valence-electron chi connectivity index (χ3n) is 4.59. The number of rotatable bonds is 4. The van der Waals surface area contributed by atoms with Crippen molar-refractivity contribution in [1.29, 1.82) is 0 Å². The average molecular weight is 412 g/mol. The highest BCUT2D eigenvalue weighted by molar-refractivity contribution is 6.44. The van der Waals surface area contributed by atoms with Gasteiger partial charge in [0.05, 0.1) is 25.3 Å². The molecular weight excluding hydrogens is 388 g/mol. The zero-order chi connectivity index (χ0) is 22.6. The number of anilines is 2. The summed E-state index contributed by atoms with van der Waals surface area (Å²) >= 11 is 0. The molecule has 8 nitrogen and oxygen atoms in total. The van der Waals surface area contributed by atoms with Crippen molar-refractivity contribution in [3.8, 4) is 0 Å². The van der Waals surface area contributed by atoms with E-state index in [2.05, 4.69) is 10.6 Å². The summed E-state index contributed by atoms with van der Waals surface area (Å²) in [6.45, 7) is 6.86. The molecule has 0 radical (unpaired) electrons. The molecule has 0 aliphatic rings. The van der Waals surface area contributed by atoms with Crippen LogP contribution in [-0.2, 0) is 19.1 Å². The highest BCUT2D eigenvalue weighted by Gasteiger charge is 2.20. The van der Waals surface area contributed by atoms with Crippen molar-refractivity contribution in [3.05, 3.63) is 57.6 Å². The van der Waals surface area contributed by atoms with Gasteiger partial charge in [0, 0.05) is 11.4 Å². The molecule has 0 aliphatic heterocycles. The maximum Gasteiger partial charge on any atom is 0.337 e. The topological polar surface area (TPSA) is 111 Å². The Morgan fingerprint density at radius 1 is 0.600 bits per heavy atom. The summed E-state index contributed by atoms with van der Waals surface area (Å²) in [5.41, 5.74) is 4.06. The van der Waals surface area contributed by atoms with Gasteiger partial charge in [-0.05, 0) is 74.2 Å². The lowest BCUT2D eigenvalue weighted by atomic mass is 10.0. The normalized spacial score (nSPS) is 10.2. The minimum absolute atomic E-state index is 0.354. The molecule has 2 aromatic carbocycles. The monoisotopic (exact) mass is 412 g/mol. The van der Waals surface area contributed by atoms with Crippen molar-refractivity contribution in [1.82, 2.24) is 0 Å². The van der Waals surface area contributed by atoms with Crippen molar-refractivity contribution in [3.63, 3.8) is 0 Å². The van der Waals surface area contributed by atoms with Gasteiger partial charge in [0.25, 0.3) is 0 Å². The fourth-order valence-electron chi connectivity index (χ4n) is 3.13. The molecule has 2 N–H and O–H groups in total. The van der Waals surface area contributed by atoms with Crippen LogP contribution in [0.2, 0.25) is 0 Å². The van der Waals surface area contributed by atoms with Gasteiger partial charge in [-0.3, -0.25) is 9.59 Å². The van der Waals surface area contributed by atoms with Gasteiger partial charge < -0.3 is 20.1 Å². The van der Waals surface area contributed by atoms with Crippen molar-refractivity contribution >= 4 is 35.1 Å². The number of hydrogen-bond donors (Lipinski definition) is 2. The molecule has 8 heteroatoms. The van der Waals surface area contributed by atoms with E-state index in [-0.39, 0.29) is 0 Å². The SMILES string of the molecule is COC(=O)c1cc(C)c(NC(=O)C(=O)Nc2c(C)cc(C(=O)OC)cc2C)c(C)c1. The number of amides is 2. The van der Waals surface area contributed by atoms with Gasteiger partial charge in [-0.15, -0.1) is 0 Å². The molecule has 158 valence electrons. The van der Waals surface area contributed by atoms with Crippen LogP contribution in [0, 0.1) is 27.7 Å². The number of methoxy groups -OCH3 is 2. The van der Waals surface area contributed by atoms with Crippen LogP contribution in [0.5, 0.6) is 0 Å². The van der Waals surface area contributed by atoms with Crippen LogP contribution in [0.3, 0.4) is 0 Å². The molecule has 0 unspecified atom stereocenters.